The van der Waals surface area contributed by atoms with Crippen LogP contribution in [0.3, 0.4) is 0 Å². The van der Waals surface area contributed by atoms with Crippen molar-refractivity contribution in [2.45, 2.75) is 31.7 Å². The molecule has 0 unspecified atom stereocenters. The summed E-state index contributed by atoms with van der Waals surface area (Å²) in [7, 11) is 0. The summed E-state index contributed by atoms with van der Waals surface area (Å²) in [6.07, 6.45) is 8.01. The number of carboxylic acid groups (broad SMARTS) is 1. The third-order valence-corrected chi connectivity index (χ3v) is 8.15. The van der Waals surface area contributed by atoms with Gasteiger partial charge in [-0.25, -0.2) is 4.79 Å². The van der Waals surface area contributed by atoms with Gasteiger partial charge in [0, 0.05) is 49.0 Å². The number of aromatic hydroxyl groups is 1. The summed E-state index contributed by atoms with van der Waals surface area (Å²) in [5, 5.41) is 23.8. The van der Waals surface area contributed by atoms with E-state index >= 15 is 0 Å². The van der Waals surface area contributed by atoms with Crippen LogP contribution >= 0.6 is 23.2 Å². The van der Waals surface area contributed by atoms with Crippen molar-refractivity contribution in [3.8, 4) is 16.9 Å². The molecular weight excluding hydrogens is 539 g/mol. The summed E-state index contributed by atoms with van der Waals surface area (Å²) in [4.78, 5) is 30.6. The van der Waals surface area contributed by atoms with Crippen LogP contribution in [-0.2, 0) is 0 Å². The summed E-state index contributed by atoms with van der Waals surface area (Å²) < 4.78 is 2.11. The van der Waals surface area contributed by atoms with Crippen molar-refractivity contribution in [1.82, 2.24) is 14.5 Å². The smallest absolute Gasteiger partial charge is 0.407 e. The molecule has 1 amide bonds. The molecule has 3 N–H and O–H groups in total. The van der Waals surface area contributed by atoms with Gasteiger partial charge in [0.15, 0.2) is 11.5 Å². The van der Waals surface area contributed by atoms with Gasteiger partial charge in [0.2, 0.25) is 0 Å². The second-order valence-electron chi connectivity index (χ2n) is 10.2. The molecule has 3 heterocycles. The van der Waals surface area contributed by atoms with Crippen molar-refractivity contribution in [3.05, 3.63) is 70.6 Å². The average Bonchev–Trinajstić information content (AvgIpc) is 3.69. The van der Waals surface area contributed by atoms with E-state index in [1.165, 1.54) is 4.90 Å². The first kappa shape index (κ1) is 25.5. The van der Waals surface area contributed by atoms with Crippen LogP contribution in [-0.4, -0.2) is 49.6 Å². The van der Waals surface area contributed by atoms with Crippen LogP contribution in [0.2, 0.25) is 10.0 Å². The number of anilines is 2. The van der Waals surface area contributed by atoms with Crippen LogP contribution < -0.4 is 5.32 Å². The fourth-order valence-electron chi connectivity index (χ4n) is 5.20. The summed E-state index contributed by atoms with van der Waals surface area (Å²) in [6.45, 7) is 1.01. The van der Waals surface area contributed by atoms with Crippen LogP contribution in [0.15, 0.2) is 55.0 Å². The van der Waals surface area contributed by atoms with E-state index in [1.807, 2.05) is 36.7 Å². The number of nitrogens with zero attached hydrogens (tertiary/aromatic N) is 3. The Balaban J connectivity index is 1.37. The molecule has 39 heavy (non-hydrogen) atoms. The molecule has 1 saturated heterocycles. The highest BCUT2D eigenvalue weighted by Crippen LogP contribution is 2.41. The third kappa shape index (κ3) is 5.02. The second kappa shape index (κ2) is 10.1. The second-order valence-corrected chi connectivity index (χ2v) is 11.0. The van der Waals surface area contributed by atoms with Gasteiger partial charge >= 0.3 is 6.09 Å². The van der Waals surface area contributed by atoms with Gasteiger partial charge in [-0.2, -0.15) is 0 Å². The zero-order chi connectivity index (χ0) is 27.3. The molecule has 1 saturated carbocycles. The van der Waals surface area contributed by atoms with Crippen molar-refractivity contribution in [2.24, 2.45) is 5.92 Å². The quantitative estimate of drug-likeness (QED) is 0.211. The van der Waals surface area contributed by atoms with E-state index in [-0.39, 0.29) is 33.5 Å². The number of carbonyl (C=O) groups excluding carboxylic acids is 1. The van der Waals surface area contributed by atoms with Gasteiger partial charge in [-0.05, 0) is 67.1 Å². The summed E-state index contributed by atoms with van der Waals surface area (Å²) in [6, 6.07) is 11.2. The number of benzene rings is 2. The van der Waals surface area contributed by atoms with Gasteiger partial charge in [-0.3, -0.25) is 9.78 Å². The summed E-state index contributed by atoms with van der Waals surface area (Å²) >= 11 is 12.4. The zero-order valence-electron chi connectivity index (χ0n) is 20.9. The lowest BCUT2D eigenvalue weighted by molar-refractivity contribution is 0.0968. The predicted octanol–water partition coefficient (Wildman–Crippen LogP) is 7.37. The Labute approximate surface area is 234 Å². The Bertz CT molecular complexity index is 1580. The number of carbonyl (C=O) groups is 2. The maximum atomic E-state index is 13.3. The number of phenolic OH excluding ortho intramolecular Hbond substituents is 1. The van der Waals surface area contributed by atoms with Gasteiger partial charge in [0.05, 0.1) is 32.5 Å². The number of piperidine rings is 1. The number of nitrogens with one attached hydrogen (secondary N) is 1. The van der Waals surface area contributed by atoms with Crippen LogP contribution in [0.25, 0.3) is 22.0 Å². The van der Waals surface area contributed by atoms with E-state index < -0.39 is 6.09 Å². The van der Waals surface area contributed by atoms with Crippen molar-refractivity contribution < 1.29 is 19.8 Å². The van der Waals surface area contributed by atoms with Crippen LogP contribution in [0, 0.1) is 5.92 Å². The molecule has 0 atom stereocenters. The van der Waals surface area contributed by atoms with Crippen molar-refractivity contribution in [1.29, 1.82) is 0 Å². The highest BCUT2D eigenvalue weighted by atomic mass is 35.5. The number of hydrogen-bond donors (Lipinski definition) is 3. The number of pyridine rings is 1. The number of rotatable bonds is 6. The first-order valence-corrected chi connectivity index (χ1v) is 13.6. The zero-order valence-corrected chi connectivity index (χ0v) is 22.4. The van der Waals surface area contributed by atoms with Gasteiger partial charge in [-0.1, -0.05) is 29.3 Å². The lowest BCUT2D eigenvalue weighted by Crippen LogP contribution is -2.37. The molecule has 0 spiro atoms. The Kier molecular flexibility index (Phi) is 6.61. The molecule has 0 radical (unpaired) electrons. The van der Waals surface area contributed by atoms with E-state index in [0.29, 0.717) is 24.3 Å². The molecule has 2 aromatic carbocycles. The van der Waals surface area contributed by atoms with Crippen molar-refractivity contribution in [3.63, 3.8) is 0 Å². The van der Waals surface area contributed by atoms with Gasteiger partial charge in [0.25, 0.3) is 0 Å². The summed E-state index contributed by atoms with van der Waals surface area (Å²) in [5.74, 6) is -0.0671. The molecule has 2 aliphatic rings. The minimum atomic E-state index is -0.878. The molecular formula is C29H26Cl2N4O4. The molecule has 200 valence electrons. The number of ketones is 1. The van der Waals surface area contributed by atoms with Gasteiger partial charge in [-0.15, -0.1) is 0 Å². The third-order valence-electron chi connectivity index (χ3n) is 7.57. The van der Waals surface area contributed by atoms with E-state index in [2.05, 4.69) is 14.9 Å². The van der Waals surface area contributed by atoms with Crippen LogP contribution in [0.5, 0.6) is 5.75 Å². The van der Waals surface area contributed by atoms with E-state index in [9.17, 15) is 19.8 Å². The van der Waals surface area contributed by atoms with Crippen molar-refractivity contribution in [2.75, 3.05) is 18.4 Å². The number of Topliss-reactive ketones (excluding diaryl/α,β-unsaturated/α-hetero) is 1. The van der Waals surface area contributed by atoms with Crippen molar-refractivity contribution >= 4 is 57.4 Å². The lowest BCUT2D eigenvalue weighted by atomic mass is 9.99. The average molecular weight is 565 g/mol. The SMILES string of the molecule is O=C(c1cnc2ccc(-c3cc(Cl)c(O)c(Cl)c3)cc2c1Nc1ccn(C2CCN(C(=O)O)CC2)c1)C1CC1. The Morgan fingerprint density at radius 1 is 0.974 bits per heavy atom. The van der Waals surface area contributed by atoms with E-state index in [0.717, 1.165) is 53.4 Å². The minimum Gasteiger partial charge on any atom is -0.505 e. The highest BCUT2D eigenvalue weighted by Gasteiger charge is 2.33. The lowest BCUT2D eigenvalue weighted by Gasteiger charge is -2.30. The van der Waals surface area contributed by atoms with Gasteiger partial charge in [0.1, 0.15) is 0 Å². The standard InChI is InChI=1S/C29H26Cl2N4O4/c30-23-12-18(13-24(31)28(23)37)17-3-4-25-21(11-17)26(22(14-32-25)27(36)16-1-2-16)33-19-5-8-35(15-19)20-6-9-34(10-7-20)29(38)39/h3-5,8,11-16,20,37H,1-2,6-7,9-10H2,(H,32,33)(H,38,39). The Morgan fingerprint density at radius 3 is 2.36 bits per heavy atom. The van der Waals surface area contributed by atoms with E-state index in [4.69, 9.17) is 23.2 Å². The molecule has 10 heteroatoms. The van der Waals surface area contributed by atoms with Crippen LogP contribution in [0.4, 0.5) is 16.2 Å². The first-order valence-electron chi connectivity index (χ1n) is 12.9. The maximum absolute atomic E-state index is 13.3. The Hall–Kier alpha value is -3.75. The minimum absolute atomic E-state index is 0.0201. The number of amides is 1. The highest BCUT2D eigenvalue weighted by molar-refractivity contribution is 6.37. The summed E-state index contributed by atoms with van der Waals surface area (Å²) in [5.41, 5.74) is 4.34. The number of halogens is 2. The number of likely N-dealkylation sites (tertiary alicyclic amines) is 1. The monoisotopic (exact) mass is 564 g/mol. The maximum Gasteiger partial charge on any atom is 0.407 e. The van der Waals surface area contributed by atoms with Gasteiger partial charge < -0.3 is 25.0 Å². The number of fused-ring (bicyclic) bond motifs is 1. The number of hydrogen-bond acceptors (Lipinski definition) is 5. The number of phenols is 1. The topological polar surface area (TPSA) is 108 Å². The molecule has 1 aliphatic heterocycles. The fourth-order valence-corrected chi connectivity index (χ4v) is 5.69. The molecule has 2 fully saturated rings. The first-order chi connectivity index (χ1) is 18.8. The Morgan fingerprint density at radius 2 is 1.69 bits per heavy atom. The molecule has 0 bridgehead atoms. The normalized spacial score (nSPS) is 16.0. The number of aromatic nitrogens is 2. The molecule has 6 rings (SSSR count). The molecule has 2 aromatic heterocycles. The molecule has 4 aromatic rings. The molecule has 1 aliphatic carbocycles. The van der Waals surface area contributed by atoms with E-state index in [1.54, 1.807) is 18.3 Å². The predicted molar refractivity (Wildman–Crippen MR) is 152 cm³/mol. The van der Waals surface area contributed by atoms with Crippen LogP contribution in [0.1, 0.15) is 42.1 Å². The fraction of sp³-hybridized carbons (Fsp3) is 0.276. The molecule has 8 nitrogen and oxygen atoms in total. The largest absolute Gasteiger partial charge is 0.505 e.